The molecule has 4 heterocycles. The van der Waals surface area contributed by atoms with Crippen LogP contribution in [-0.2, 0) is 9.53 Å². The summed E-state index contributed by atoms with van der Waals surface area (Å²) < 4.78 is 27.0. The van der Waals surface area contributed by atoms with Gasteiger partial charge in [0.15, 0.2) is 23.0 Å². The molecular weight excluding hydrogens is 676 g/mol. The monoisotopic (exact) mass is 728 g/mol. The van der Waals surface area contributed by atoms with Gasteiger partial charge in [0.1, 0.15) is 24.3 Å². The van der Waals surface area contributed by atoms with Crippen molar-refractivity contribution in [1.29, 1.82) is 0 Å². The van der Waals surface area contributed by atoms with Crippen LogP contribution >= 0.6 is 0 Å². The average molecular weight is 729 g/mol. The molecule has 4 aliphatic rings. The SMILES string of the molecule is CCOC(=O)C1(C2CCN(c3ncnc4cc(OC)c(OC)cc34)CC2)CC1.COc1cc2ncnc(N3CCC(C4(CO)CC4)CC3)c2cc1OC. The molecule has 13 heteroatoms. The number of fused-ring (bicyclic) bond motifs is 2. The van der Waals surface area contributed by atoms with Gasteiger partial charge in [0.05, 0.1) is 51.5 Å². The largest absolute Gasteiger partial charge is 0.493 e. The first kappa shape index (κ1) is 36.7. The van der Waals surface area contributed by atoms with Gasteiger partial charge in [-0.05, 0) is 87.7 Å². The maximum absolute atomic E-state index is 12.4. The van der Waals surface area contributed by atoms with Crippen molar-refractivity contribution in [2.75, 3.05) is 77.6 Å². The van der Waals surface area contributed by atoms with Gasteiger partial charge in [-0.15, -0.1) is 0 Å². The molecule has 0 bridgehead atoms. The number of anilines is 2. The van der Waals surface area contributed by atoms with E-state index in [1.54, 1.807) is 41.1 Å². The second-order valence-corrected chi connectivity index (χ2v) is 14.8. The minimum absolute atomic E-state index is 0.00207. The van der Waals surface area contributed by atoms with Gasteiger partial charge in [-0.3, -0.25) is 4.79 Å². The minimum atomic E-state index is -0.230. The topological polar surface area (TPSA) is 141 Å². The standard InChI is InChI=1S/C21H27N3O4.C19H25N3O3/c1-4-28-20(25)21(7-8-21)14-5-9-24(10-6-14)19-15-11-17(26-2)18(27-3)12-16(15)22-13-23-19;1-24-16-9-14-15(10-17(16)25-2)20-12-21-18(14)22-7-3-13(4-8-22)19(11-23)5-6-19/h11-14H,4-10H2,1-3H3;9-10,12-13,23H,3-8,11H2,1-2H3. The van der Waals surface area contributed by atoms with Gasteiger partial charge in [-0.25, -0.2) is 19.9 Å². The lowest BCUT2D eigenvalue weighted by Crippen LogP contribution is -2.40. The van der Waals surface area contributed by atoms with Crippen molar-refractivity contribution in [3.05, 3.63) is 36.9 Å². The second kappa shape index (κ2) is 15.4. The Bertz CT molecular complexity index is 1920. The zero-order valence-corrected chi connectivity index (χ0v) is 31.6. The van der Waals surface area contributed by atoms with E-state index in [-0.39, 0.29) is 16.8 Å². The molecule has 53 heavy (non-hydrogen) atoms. The Kier molecular flexibility index (Phi) is 10.6. The fourth-order valence-electron chi connectivity index (χ4n) is 8.64. The number of hydrogen-bond acceptors (Lipinski definition) is 13. The predicted molar refractivity (Wildman–Crippen MR) is 202 cm³/mol. The number of aromatic nitrogens is 4. The highest BCUT2D eigenvalue weighted by atomic mass is 16.5. The molecule has 0 spiro atoms. The number of carbonyl (C=O) groups is 1. The van der Waals surface area contributed by atoms with E-state index in [0.717, 1.165) is 98.1 Å². The molecule has 0 unspecified atom stereocenters. The zero-order chi connectivity index (χ0) is 37.2. The van der Waals surface area contributed by atoms with E-state index in [1.807, 2.05) is 31.2 Å². The van der Waals surface area contributed by atoms with E-state index in [0.29, 0.717) is 48.0 Å². The molecule has 8 rings (SSSR count). The second-order valence-electron chi connectivity index (χ2n) is 14.8. The number of rotatable bonds is 11. The fraction of sp³-hybridized carbons (Fsp3) is 0.575. The minimum Gasteiger partial charge on any atom is -0.493 e. The predicted octanol–water partition coefficient (Wildman–Crippen LogP) is 5.84. The molecular formula is C40H52N6O7. The molecule has 2 aromatic heterocycles. The first-order valence-electron chi connectivity index (χ1n) is 18.8. The lowest BCUT2D eigenvalue weighted by atomic mass is 9.81. The van der Waals surface area contributed by atoms with E-state index in [9.17, 15) is 9.90 Å². The number of aliphatic hydroxyl groups excluding tert-OH is 1. The first-order chi connectivity index (χ1) is 25.8. The van der Waals surface area contributed by atoms with E-state index < -0.39 is 0 Å². The molecule has 2 aromatic carbocycles. The maximum Gasteiger partial charge on any atom is 0.312 e. The molecule has 0 radical (unpaired) electrons. The Morgan fingerprint density at radius 1 is 0.679 bits per heavy atom. The van der Waals surface area contributed by atoms with Crippen molar-refractivity contribution in [3.63, 3.8) is 0 Å². The van der Waals surface area contributed by atoms with Gasteiger partial charge in [0.25, 0.3) is 0 Å². The van der Waals surface area contributed by atoms with Crippen LogP contribution in [-0.4, -0.2) is 98.8 Å². The van der Waals surface area contributed by atoms with Gasteiger partial charge in [0, 0.05) is 55.7 Å². The third-order valence-electron chi connectivity index (χ3n) is 12.2. The molecule has 4 fully saturated rings. The summed E-state index contributed by atoms with van der Waals surface area (Å²) in [6.45, 7) is 6.33. The van der Waals surface area contributed by atoms with Crippen molar-refractivity contribution in [1.82, 2.24) is 19.9 Å². The van der Waals surface area contributed by atoms with Gasteiger partial charge >= 0.3 is 5.97 Å². The summed E-state index contributed by atoms with van der Waals surface area (Å²) in [6.07, 6.45) is 11.7. The van der Waals surface area contributed by atoms with Gasteiger partial charge in [0.2, 0.25) is 0 Å². The fourth-order valence-corrected chi connectivity index (χ4v) is 8.64. The first-order valence-corrected chi connectivity index (χ1v) is 18.8. The third kappa shape index (κ3) is 7.07. The number of piperidine rings is 2. The molecule has 4 aromatic rings. The number of esters is 1. The Hall–Kier alpha value is -4.65. The van der Waals surface area contributed by atoms with Crippen LogP contribution in [0.1, 0.15) is 58.3 Å². The number of benzene rings is 2. The highest BCUT2D eigenvalue weighted by molar-refractivity contribution is 5.93. The zero-order valence-electron chi connectivity index (χ0n) is 31.6. The van der Waals surface area contributed by atoms with E-state index >= 15 is 0 Å². The molecule has 284 valence electrons. The Morgan fingerprint density at radius 2 is 1.11 bits per heavy atom. The third-order valence-corrected chi connectivity index (χ3v) is 12.2. The van der Waals surface area contributed by atoms with Crippen LogP contribution in [0.25, 0.3) is 21.8 Å². The average Bonchev–Trinajstić information content (AvgIpc) is 4.16. The smallest absolute Gasteiger partial charge is 0.312 e. The lowest BCUT2D eigenvalue weighted by molar-refractivity contribution is -0.152. The van der Waals surface area contributed by atoms with Crippen LogP contribution in [0.15, 0.2) is 36.9 Å². The Morgan fingerprint density at radius 3 is 1.49 bits per heavy atom. The Balaban J connectivity index is 0.000000165. The van der Waals surface area contributed by atoms with Gasteiger partial charge < -0.3 is 38.6 Å². The number of ether oxygens (including phenoxy) is 5. The molecule has 1 N–H and O–H groups in total. The lowest BCUT2D eigenvalue weighted by Gasteiger charge is -2.36. The van der Waals surface area contributed by atoms with E-state index in [2.05, 4.69) is 29.7 Å². The van der Waals surface area contributed by atoms with Crippen molar-refractivity contribution >= 4 is 39.4 Å². The highest BCUT2D eigenvalue weighted by Crippen LogP contribution is 2.57. The molecule has 0 atom stereocenters. The van der Waals surface area contributed by atoms with Crippen LogP contribution in [0, 0.1) is 22.7 Å². The summed E-state index contributed by atoms with van der Waals surface area (Å²) in [4.78, 5) is 34.9. The summed E-state index contributed by atoms with van der Waals surface area (Å²) in [5.74, 6) is 5.59. The highest BCUT2D eigenvalue weighted by Gasteiger charge is 2.57. The molecule has 0 amide bonds. The molecule has 13 nitrogen and oxygen atoms in total. The number of aliphatic hydroxyl groups is 1. The molecule has 2 aliphatic carbocycles. The number of nitrogens with zero attached hydrogens (tertiary/aromatic N) is 6. The molecule has 2 aliphatic heterocycles. The Labute approximate surface area is 311 Å². The van der Waals surface area contributed by atoms with Crippen LogP contribution in [0.4, 0.5) is 11.6 Å². The van der Waals surface area contributed by atoms with Crippen LogP contribution in [0.5, 0.6) is 23.0 Å². The number of methoxy groups -OCH3 is 4. The summed E-state index contributed by atoms with van der Waals surface area (Å²) >= 11 is 0. The van der Waals surface area contributed by atoms with Gasteiger partial charge in [-0.1, -0.05) is 0 Å². The van der Waals surface area contributed by atoms with Gasteiger partial charge in [-0.2, -0.15) is 0 Å². The summed E-state index contributed by atoms with van der Waals surface area (Å²) in [6, 6.07) is 7.69. The summed E-state index contributed by atoms with van der Waals surface area (Å²) in [7, 11) is 6.52. The number of hydrogen-bond donors (Lipinski definition) is 1. The molecule has 2 saturated carbocycles. The summed E-state index contributed by atoms with van der Waals surface area (Å²) in [5.41, 5.74) is 1.68. The van der Waals surface area contributed by atoms with Crippen molar-refractivity contribution in [2.45, 2.75) is 58.3 Å². The van der Waals surface area contributed by atoms with Crippen molar-refractivity contribution in [2.24, 2.45) is 22.7 Å². The van der Waals surface area contributed by atoms with Crippen LogP contribution in [0.3, 0.4) is 0 Å². The van der Waals surface area contributed by atoms with Crippen molar-refractivity contribution in [3.8, 4) is 23.0 Å². The van der Waals surface area contributed by atoms with E-state index in [1.165, 1.54) is 12.8 Å². The summed E-state index contributed by atoms with van der Waals surface area (Å²) in [5, 5.41) is 11.6. The van der Waals surface area contributed by atoms with Crippen molar-refractivity contribution < 1.29 is 33.6 Å². The quantitative estimate of drug-likeness (QED) is 0.185. The normalized spacial score (nSPS) is 19.3. The number of carbonyl (C=O) groups excluding carboxylic acids is 1. The molecule has 2 saturated heterocycles. The van der Waals surface area contributed by atoms with Crippen LogP contribution in [0.2, 0.25) is 0 Å². The maximum atomic E-state index is 12.4. The van der Waals surface area contributed by atoms with E-state index in [4.69, 9.17) is 23.7 Å². The van der Waals surface area contributed by atoms with Crippen LogP contribution < -0.4 is 28.7 Å².